The van der Waals surface area contributed by atoms with Gasteiger partial charge in [-0.1, -0.05) is 31.9 Å². The lowest BCUT2D eigenvalue weighted by atomic mass is 10.1. The lowest BCUT2D eigenvalue weighted by Crippen LogP contribution is -2.35. The summed E-state index contributed by atoms with van der Waals surface area (Å²) in [6.45, 7) is 12.7. The Morgan fingerprint density at radius 2 is 1.56 bits per heavy atom. The first-order valence-corrected chi connectivity index (χ1v) is 15.5. The zero-order chi connectivity index (χ0) is 33.2. The van der Waals surface area contributed by atoms with Crippen molar-refractivity contribution in [2.75, 3.05) is 7.11 Å². The molecule has 0 spiro atoms. The van der Waals surface area contributed by atoms with Crippen LogP contribution in [0.5, 0.6) is 0 Å². The van der Waals surface area contributed by atoms with Gasteiger partial charge < -0.3 is 20.1 Å². The predicted octanol–water partition coefficient (Wildman–Crippen LogP) is 5.85. The number of carbonyl (C=O) groups is 3. The molecule has 2 N–H and O–H groups in total. The Labute approximate surface area is 277 Å². The molecule has 0 saturated heterocycles. The molecule has 0 saturated carbocycles. The lowest BCUT2D eigenvalue weighted by molar-refractivity contribution is 0.0503. The van der Waals surface area contributed by atoms with E-state index in [4.69, 9.17) is 9.47 Å². The fourth-order valence-electron chi connectivity index (χ4n) is 4.66. The number of hydrogen-bond acceptors (Lipinski definition) is 9. The van der Waals surface area contributed by atoms with Crippen molar-refractivity contribution in [1.82, 2.24) is 40.2 Å². The minimum absolute atomic E-state index is 0.0938. The first kappa shape index (κ1) is 33.8. The van der Waals surface area contributed by atoms with Crippen LogP contribution in [0.3, 0.4) is 0 Å². The maximum atomic E-state index is 12.2. The lowest BCUT2D eigenvalue weighted by Gasteiger charge is -2.22. The van der Waals surface area contributed by atoms with Gasteiger partial charge in [0.05, 0.1) is 41.7 Å². The zero-order valence-corrected chi connectivity index (χ0v) is 29.3. The normalized spacial score (nSPS) is 14.5. The Hall–Kier alpha value is -4.11. The molecule has 13 nitrogen and oxygen atoms in total. The van der Waals surface area contributed by atoms with Gasteiger partial charge in [0, 0.05) is 8.95 Å². The Morgan fingerprint density at radius 1 is 0.956 bits per heavy atom. The number of aromatic nitrogens is 6. The zero-order valence-electron chi connectivity index (χ0n) is 26.1. The highest BCUT2D eigenvalue weighted by molar-refractivity contribution is 9.10. The second kappa shape index (κ2) is 13.5. The smallest absolute Gasteiger partial charge is 0.408 e. The number of aryl methyl sites for hydroxylation is 2. The number of ether oxygens (including phenoxy) is 2. The molecule has 1 aliphatic heterocycles. The number of rotatable bonds is 4. The molecule has 15 heteroatoms. The number of benzene rings is 2. The van der Waals surface area contributed by atoms with Crippen molar-refractivity contribution in [3.8, 4) is 11.4 Å². The average Bonchev–Trinajstić information content (AvgIpc) is 3.51. The fourth-order valence-corrected chi connectivity index (χ4v) is 5.39. The number of halogens is 2. The summed E-state index contributed by atoms with van der Waals surface area (Å²) in [4.78, 5) is 36.5. The third-order valence-corrected chi connectivity index (χ3v) is 7.59. The van der Waals surface area contributed by atoms with Crippen molar-refractivity contribution in [2.45, 2.75) is 66.2 Å². The highest BCUT2D eigenvalue weighted by Crippen LogP contribution is 2.28. The van der Waals surface area contributed by atoms with Crippen LogP contribution in [0, 0.1) is 13.8 Å². The minimum Gasteiger partial charge on any atom is -0.465 e. The quantitative estimate of drug-likeness (QED) is 0.245. The van der Waals surface area contributed by atoms with Crippen LogP contribution in [0.15, 0.2) is 45.3 Å². The topological polar surface area (TPSA) is 155 Å². The van der Waals surface area contributed by atoms with Crippen molar-refractivity contribution >= 4 is 49.8 Å². The van der Waals surface area contributed by atoms with Gasteiger partial charge in [0.2, 0.25) is 0 Å². The number of hydrogen-bond donors (Lipinski definition) is 2. The molecule has 2 atom stereocenters. The van der Waals surface area contributed by atoms with Gasteiger partial charge in [-0.15, -0.1) is 20.4 Å². The van der Waals surface area contributed by atoms with Crippen LogP contribution < -0.4 is 10.6 Å². The monoisotopic (exact) mass is 744 g/mol. The maximum absolute atomic E-state index is 12.2. The van der Waals surface area contributed by atoms with Crippen molar-refractivity contribution in [3.05, 3.63) is 79.8 Å². The summed E-state index contributed by atoms with van der Waals surface area (Å²) in [5.41, 5.74) is 1.73. The van der Waals surface area contributed by atoms with Gasteiger partial charge in [-0.05, 0) is 84.9 Å². The van der Waals surface area contributed by atoms with Crippen LogP contribution in [-0.2, 0) is 9.47 Å². The molecule has 4 aromatic rings. The van der Waals surface area contributed by atoms with Crippen LogP contribution in [-0.4, -0.2) is 60.2 Å². The van der Waals surface area contributed by atoms with E-state index in [0.29, 0.717) is 28.5 Å². The summed E-state index contributed by atoms with van der Waals surface area (Å²) in [5, 5.41) is 22.1. The summed E-state index contributed by atoms with van der Waals surface area (Å²) in [6, 6.07) is 10.2. The van der Waals surface area contributed by atoms with E-state index >= 15 is 0 Å². The van der Waals surface area contributed by atoms with Crippen LogP contribution in [0.1, 0.15) is 90.7 Å². The van der Waals surface area contributed by atoms with Gasteiger partial charge in [-0.25, -0.2) is 9.59 Å². The second-order valence-corrected chi connectivity index (χ2v) is 13.1. The van der Waals surface area contributed by atoms with E-state index in [1.165, 1.54) is 7.11 Å². The first-order valence-electron chi connectivity index (χ1n) is 13.9. The van der Waals surface area contributed by atoms with Crippen LogP contribution in [0.25, 0.3) is 11.4 Å². The molecule has 0 bridgehead atoms. The van der Waals surface area contributed by atoms with Gasteiger partial charge in [-0.2, -0.15) is 0 Å². The molecule has 0 radical (unpaired) electrons. The largest absolute Gasteiger partial charge is 0.465 e. The Bertz CT molecular complexity index is 1760. The van der Waals surface area contributed by atoms with E-state index in [1.807, 2.05) is 36.6 Å². The summed E-state index contributed by atoms with van der Waals surface area (Å²) >= 11 is 6.75. The highest BCUT2D eigenvalue weighted by atomic mass is 79.9. The molecule has 45 heavy (non-hydrogen) atoms. The number of carbonyl (C=O) groups excluding carboxylic acids is 3. The Morgan fingerprint density at radius 3 is 2.20 bits per heavy atom. The standard InChI is InChI=1S/C18H23BrN4O4.C12H11BrN4O/c1-10(20-17(25)27-18(3,4)5)15-22-21-11(2)23(15)14-8-7-12(19)9-13(14)16(24)26-6;1-6-11-16-15-7(2)17(11)10-4-3-8(13)5-9(10)12(18)14-6/h7-10H,1-6H3,(H,20,25);3-6H,1-2H3,(H,14,18)/t10-;6-/m10/s1. The van der Waals surface area contributed by atoms with Crippen molar-refractivity contribution < 1.29 is 23.9 Å². The minimum atomic E-state index is -0.614. The summed E-state index contributed by atoms with van der Waals surface area (Å²) < 4.78 is 15.4. The summed E-state index contributed by atoms with van der Waals surface area (Å²) in [6.07, 6.45) is -0.564. The average molecular weight is 746 g/mol. The van der Waals surface area contributed by atoms with Gasteiger partial charge in [-0.3, -0.25) is 13.9 Å². The highest BCUT2D eigenvalue weighted by Gasteiger charge is 2.27. The number of amides is 2. The van der Waals surface area contributed by atoms with Crippen molar-refractivity contribution in [3.63, 3.8) is 0 Å². The van der Waals surface area contributed by atoms with Crippen LogP contribution >= 0.6 is 31.9 Å². The van der Waals surface area contributed by atoms with E-state index in [9.17, 15) is 14.4 Å². The molecular weight excluding hydrogens is 712 g/mol. The molecule has 2 amide bonds. The number of nitrogens with zero attached hydrogens (tertiary/aromatic N) is 6. The second-order valence-electron chi connectivity index (χ2n) is 11.3. The van der Waals surface area contributed by atoms with E-state index in [2.05, 4.69) is 62.9 Å². The third-order valence-electron chi connectivity index (χ3n) is 6.60. The van der Waals surface area contributed by atoms with Crippen molar-refractivity contribution in [2.24, 2.45) is 0 Å². The molecule has 5 rings (SSSR count). The first-order chi connectivity index (χ1) is 21.1. The number of nitrogens with one attached hydrogen (secondary N) is 2. The number of fused-ring (bicyclic) bond motifs is 3. The molecule has 0 fully saturated rings. The molecule has 238 valence electrons. The molecule has 0 aliphatic carbocycles. The van der Waals surface area contributed by atoms with Crippen LogP contribution in [0.2, 0.25) is 0 Å². The fraction of sp³-hybridized carbons (Fsp3) is 0.367. The summed E-state index contributed by atoms with van der Waals surface area (Å²) in [5.74, 6) is 1.97. The van der Waals surface area contributed by atoms with Gasteiger partial charge in [0.15, 0.2) is 11.6 Å². The SMILES string of the molecule is COC(=O)c1cc(Br)ccc1-n1c(C)nnc1[C@@H](C)NC(=O)OC(C)(C)C.Cc1nnc2n1-c1ccc(Br)cc1C(=O)N[C@H]2C. The number of methoxy groups -OCH3 is 1. The molecular formula is C30H34Br2N8O5. The van der Waals surface area contributed by atoms with Gasteiger partial charge in [0.25, 0.3) is 5.91 Å². The Kier molecular flexibility index (Phi) is 10.1. The third kappa shape index (κ3) is 7.59. The van der Waals surface area contributed by atoms with Crippen LogP contribution in [0.4, 0.5) is 4.79 Å². The maximum Gasteiger partial charge on any atom is 0.408 e. The summed E-state index contributed by atoms with van der Waals surface area (Å²) in [7, 11) is 1.32. The van der Waals surface area contributed by atoms with Gasteiger partial charge in [0.1, 0.15) is 17.2 Å². The molecule has 2 aromatic carbocycles. The molecule has 2 aromatic heterocycles. The van der Waals surface area contributed by atoms with E-state index in [0.717, 1.165) is 26.3 Å². The molecule has 0 unspecified atom stereocenters. The Balaban J connectivity index is 0.000000220. The molecule has 1 aliphatic rings. The predicted molar refractivity (Wildman–Crippen MR) is 173 cm³/mol. The number of alkyl carbamates (subject to hydrolysis) is 1. The van der Waals surface area contributed by atoms with E-state index in [1.54, 1.807) is 57.4 Å². The van der Waals surface area contributed by atoms with Gasteiger partial charge >= 0.3 is 12.1 Å². The number of esters is 1. The van der Waals surface area contributed by atoms with E-state index in [-0.39, 0.29) is 11.9 Å². The van der Waals surface area contributed by atoms with Crippen molar-refractivity contribution in [1.29, 1.82) is 0 Å². The molecule has 3 heterocycles. The van der Waals surface area contributed by atoms with E-state index < -0.39 is 23.7 Å².